The molecule has 0 saturated carbocycles. The molecule has 1 aromatic rings. The Morgan fingerprint density at radius 1 is 1.20 bits per heavy atom. The summed E-state index contributed by atoms with van der Waals surface area (Å²) in [6, 6.07) is 9.67. The van der Waals surface area contributed by atoms with Gasteiger partial charge in [-0.25, -0.2) is 0 Å². The minimum Gasteiger partial charge on any atom is -0.472 e. The van der Waals surface area contributed by atoms with Gasteiger partial charge in [0, 0.05) is 32.3 Å². The first-order chi connectivity index (χ1) is 11.0. The van der Waals surface area contributed by atoms with Crippen LogP contribution in [0.15, 0.2) is 30.3 Å². The highest BCUT2D eigenvalue weighted by Crippen LogP contribution is 2.21. The van der Waals surface area contributed by atoms with Crippen LogP contribution in [0.2, 0.25) is 0 Å². The highest BCUT2D eigenvalue weighted by atomic mass is 35.5. The summed E-state index contributed by atoms with van der Waals surface area (Å²) in [5, 5.41) is 18.8. The van der Waals surface area contributed by atoms with Gasteiger partial charge in [-0.3, -0.25) is 4.90 Å². The van der Waals surface area contributed by atoms with Crippen LogP contribution in [0.4, 0.5) is 0 Å². The fraction of sp³-hybridized carbons (Fsp3) is 0.500. The quantitative estimate of drug-likeness (QED) is 0.787. The summed E-state index contributed by atoms with van der Waals surface area (Å²) in [4.78, 5) is 4.45. The molecule has 0 bridgehead atoms. The number of hydrogen-bond donors (Lipinski definition) is 1. The van der Waals surface area contributed by atoms with E-state index in [1.54, 1.807) is 6.92 Å². The lowest BCUT2D eigenvalue weighted by Crippen LogP contribution is -2.54. The number of aliphatic hydroxyl groups is 1. The molecule has 5 nitrogen and oxygen atoms in total. The topological polar surface area (TPSA) is 59.7 Å². The third-order valence-corrected chi connectivity index (χ3v) is 4.16. The second-order valence-corrected chi connectivity index (χ2v) is 6.07. The number of ether oxygens (including phenoxy) is 1. The molecule has 0 aliphatic carbocycles. The van der Waals surface area contributed by atoms with Gasteiger partial charge in [0.1, 0.15) is 11.9 Å². The van der Waals surface area contributed by atoms with Crippen LogP contribution < -0.4 is 4.74 Å². The zero-order valence-electron chi connectivity index (χ0n) is 14.9. The molecule has 2 atom stereocenters. The molecule has 1 aromatic carbocycles. The molecule has 0 aromatic heterocycles. The van der Waals surface area contributed by atoms with Gasteiger partial charge in [0.25, 0.3) is 0 Å². The summed E-state index contributed by atoms with van der Waals surface area (Å²) >= 11 is 0. The standard InChI is InChI=1S/C18H25N3O2.2ClH/c1-14(8-9-19)16-4-6-17(7-5-16)23-18(15(2)22)21-12-10-20(3)11-13-21;;/h4-8,15,18,22H,10-13H2,1-3H3;2*1H/b14-8-;;. The Labute approximate surface area is 162 Å². The molecule has 1 N–H and O–H groups in total. The van der Waals surface area contributed by atoms with Crippen molar-refractivity contribution in [2.45, 2.75) is 26.2 Å². The first-order valence-electron chi connectivity index (χ1n) is 7.95. The van der Waals surface area contributed by atoms with Crippen molar-refractivity contribution in [2.24, 2.45) is 0 Å². The zero-order chi connectivity index (χ0) is 16.8. The predicted octanol–water partition coefficient (Wildman–Crippen LogP) is 2.79. The Morgan fingerprint density at radius 3 is 2.24 bits per heavy atom. The molecular formula is C18H27Cl2N3O2. The molecule has 140 valence electrons. The number of piperazine rings is 1. The fourth-order valence-electron chi connectivity index (χ4n) is 2.67. The number of halogens is 2. The van der Waals surface area contributed by atoms with E-state index in [1.807, 2.05) is 37.3 Å². The fourth-order valence-corrected chi connectivity index (χ4v) is 2.67. The normalized spacial score (nSPS) is 18.3. The number of hydrogen-bond acceptors (Lipinski definition) is 5. The predicted molar refractivity (Wildman–Crippen MR) is 105 cm³/mol. The molecule has 0 amide bonds. The lowest BCUT2D eigenvalue weighted by Gasteiger charge is -2.38. The van der Waals surface area contributed by atoms with Crippen molar-refractivity contribution in [1.29, 1.82) is 5.26 Å². The monoisotopic (exact) mass is 387 g/mol. The third-order valence-electron chi connectivity index (χ3n) is 4.16. The average molecular weight is 388 g/mol. The molecule has 25 heavy (non-hydrogen) atoms. The molecule has 1 fully saturated rings. The van der Waals surface area contributed by atoms with Gasteiger partial charge >= 0.3 is 0 Å². The molecule has 0 spiro atoms. The van der Waals surface area contributed by atoms with Crippen LogP contribution in [0.25, 0.3) is 5.57 Å². The molecule has 2 rings (SSSR count). The van der Waals surface area contributed by atoms with Gasteiger partial charge in [-0.1, -0.05) is 12.1 Å². The van der Waals surface area contributed by atoms with Crippen molar-refractivity contribution in [3.8, 4) is 11.8 Å². The molecular weight excluding hydrogens is 361 g/mol. The van der Waals surface area contributed by atoms with Crippen molar-refractivity contribution in [3.63, 3.8) is 0 Å². The summed E-state index contributed by atoms with van der Waals surface area (Å²) in [5.74, 6) is 0.725. The Balaban J connectivity index is 0.00000288. The van der Waals surface area contributed by atoms with Gasteiger partial charge in [0.05, 0.1) is 6.07 Å². The number of likely N-dealkylation sites (N-methyl/N-ethyl adjacent to an activating group) is 1. The highest BCUT2D eigenvalue weighted by Gasteiger charge is 2.27. The molecule has 1 aliphatic rings. The van der Waals surface area contributed by atoms with Crippen molar-refractivity contribution in [3.05, 3.63) is 35.9 Å². The van der Waals surface area contributed by atoms with E-state index < -0.39 is 6.10 Å². The minimum atomic E-state index is -0.571. The first-order valence-corrected chi connectivity index (χ1v) is 7.95. The van der Waals surface area contributed by atoms with Crippen LogP contribution in [-0.2, 0) is 0 Å². The second-order valence-electron chi connectivity index (χ2n) is 6.07. The van der Waals surface area contributed by atoms with Gasteiger partial charge < -0.3 is 14.7 Å². The summed E-state index contributed by atoms with van der Waals surface area (Å²) < 4.78 is 6.02. The van der Waals surface area contributed by atoms with Gasteiger partial charge in [0.15, 0.2) is 6.23 Å². The van der Waals surface area contributed by atoms with Crippen LogP contribution in [0.5, 0.6) is 5.75 Å². The molecule has 0 radical (unpaired) electrons. The second kappa shape index (κ2) is 11.3. The van der Waals surface area contributed by atoms with Crippen LogP contribution in [0.3, 0.4) is 0 Å². The molecule has 1 saturated heterocycles. The summed E-state index contributed by atoms with van der Waals surface area (Å²) in [6.07, 6.45) is 0.613. The maximum Gasteiger partial charge on any atom is 0.178 e. The van der Waals surface area contributed by atoms with Crippen molar-refractivity contribution in [1.82, 2.24) is 9.80 Å². The average Bonchev–Trinajstić information content (AvgIpc) is 2.54. The van der Waals surface area contributed by atoms with E-state index >= 15 is 0 Å². The highest BCUT2D eigenvalue weighted by molar-refractivity contribution is 5.85. The molecule has 2 unspecified atom stereocenters. The Bertz CT molecular complexity index is 577. The zero-order valence-corrected chi connectivity index (χ0v) is 16.5. The maximum atomic E-state index is 10.1. The summed E-state index contributed by atoms with van der Waals surface area (Å²) in [6.45, 7) is 7.38. The lowest BCUT2D eigenvalue weighted by atomic mass is 10.1. The smallest absolute Gasteiger partial charge is 0.178 e. The Morgan fingerprint density at radius 2 is 1.76 bits per heavy atom. The maximum absolute atomic E-state index is 10.1. The van der Waals surface area contributed by atoms with E-state index in [1.165, 1.54) is 6.08 Å². The van der Waals surface area contributed by atoms with E-state index in [4.69, 9.17) is 10.00 Å². The SMILES string of the molecule is C/C(=C/C#N)c1ccc(OC(C(C)O)N2CCN(C)CC2)cc1.Cl.Cl. The summed E-state index contributed by atoms with van der Waals surface area (Å²) in [7, 11) is 2.10. The lowest BCUT2D eigenvalue weighted by molar-refractivity contribution is -0.0723. The van der Waals surface area contributed by atoms with Crippen LogP contribution >= 0.6 is 24.8 Å². The Kier molecular flexibility index (Phi) is 10.8. The van der Waals surface area contributed by atoms with E-state index in [-0.39, 0.29) is 31.0 Å². The van der Waals surface area contributed by atoms with Crippen LogP contribution in [0.1, 0.15) is 19.4 Å². The number of aliphatic hydroxyl groups excluding tert-OH is 1. The van der Waals surface area contributed by atoms with E-state index in [2.05, 4.69) is 16.8 Å². The van der Waals surface area contributed by atoms with Gasteiger partial charge in [-0.2, -0.15) is 5.26 Å². The van der Waals surface area contributed by atoms with Crippen LogP contribution in [-0.4, -0.2) is 60.5 Å². The summed E-state index contributed by atoms with van der Waals surface area (Å²) in [5.41, 5.74) is 1.91. The van der Waals surface area contributed by atoms with Crippen molar-refractivity contribution < 1.29 is 9.84 Å². The van der Waals surface area contributed by atoms with Crippen LogP contribution in [0, 0.1) is 11.3 Å². The molecule has 1 heterocycles. The van der Waals surface area contributed by atoms with Gasteiger partial charge in [-0.15, -0.1) is 24.8 Å². The number of nitriles is 1. The number of rotatable bonds is 5. The van der Waals surface area contributed by atoms with E-state index in [0.29, 0.717) is 0 Å². The Hall–Kier alpha value is -1.29. The van der Waals surface area contributed by atoms with E-state index in [0.717, 1.165) is 43.1 Å². The third kappa shape index (κ3) is 6.85. The molecule has 7 heteroatoms. The number of benzene rings is 1. The first kappa shape index (κ1) is 23.7. The van der Waals surface area contributed by atoms with Crippen molar-refractivity contribution >= 4 is 30.4 Å². The number of nitrogens with zero attached hydrogens (tertiary/aromatic N) is 3. The number of allylic oxidation sites excluding steroid dienone is 2. The van der Waals surface area contributed by atoms with Gasteiger partial charge in [0.2, 0.25) is 0 Å². The van der Waals surface area contributed by atoms with Crippen molar-refractivity contribution in [2.75, 3.05) is 33.2 Å². The van der Waals surface area contributed by atoms with E-state index in [9.17, 15) is 5.11 Å². The largest absolute Gasteiger partial charge is 0.472 e. The molecule has 1 aliphatic heterocycles. The van der Waals surface area contributed by atoms with Gasteiger partial charge in [-0.05, 0) is 44.2 Å². The minimum absolute atomic E-state index is 0.